The number of rotatable bonds is 7. The summed E-state index contributed by atoms with van der Waals surface area (Å²) in [7, 11) is 1.46. The molecule has 180 valence electrons. The molecule has 5 nitrogen and oxygen atoms in total. The summed E-state index contributed by atoms with van der Waals surface area (Å²) >= 11 is 19.4. The minimum atomic E-state index is -0.447. The molecule has 3 aromatic rings. The first-order valence-corrected chi connectivity index (χ1v) is 12.1. The van der Waals surface area contributed by atoms with Crippen LogP contribution in [0.4, 0.5) is 9.18 Å². The second-order valence-electron chi connectivity index (χ2n) is 7.45. The number of imide groups is 1. The molecular weight excluding hydrogens is 536 g/mol. The van der Waals surface area contributed by atoms with E-state index in [1.807, 2.05) is 0 Å². The zero-order valence-corrected chi connectivity index (χ0v) is 21.3. The fourth-order valence-electron chi connectivity index (χ4n) is 3.31. The van der Waals surface area contributed by atoms with Crippen molar-refractivity contribution in [3.63, 3.8) is 0 Å². The van der Waals surface area contributed by atoms with Gasteiger partial charge in [0.15, 0.2) is 11.5 Å². The van der Waals surface area contributed by atoms with Gasteiger partial charge in [0.25, 0.3) is 11.1 Å². The van der Waals surface area contributed by atoms with Crippen LogP contribution in [0.3, 0.4) is 0 Å². The van der Waals surface area contributed by atoms with Crippen molar-refractivity contribution in [1.82, 2.24) is 4.90 Å². The Hall–Kier alpha value is -2.71. The quantitative estimate of drug-likeness (QED) is 0.282. The van der Waals surface area contributed by atoms with Gasteiger partial charge in [0.1, 0.15) is 12.4 Å². The maximum Gasteiger partial charge on any atom is 0.293 e. The predicted octanol–water partition coefficient (Wildman–Crippen LogP) is 7.61. The summed E-state index contributed by atoms with van der Waals surface area (Å²) in [6.45, 7) is 0.181. The van der Waals surface area contributed by atoms with Crippen molar-refractivity contribution in [3.05, 3.63) is 97.1 Å². The van der Waals surface area contributed by atoms with E-state index in [2.05, 4.69) is 0 Å². The number of hydrogen-bond donors (Lipinski definition) is 0. The van der Waals surface area contributed by atoms with Gasteiger partial charge in [0, 0.05) is 10.0 Å². The fourth-order valence-corrected chi connectivity index (χ4v) is 4.89. The monoisotopic (exact) mass is 551 g/mol. The number of carbonyl (C=O) groups excluding carboxylic acids is 2. The minimum absolute atomic E-state index is 0.0260. The zero-order valence-electron chi connectivity index (χ0n) is 18.2. The molecule has 0 unspecified atom stereocenters. The normalized spacial score (nSPS) is 14.7. The Bertz CT molecular complexity index is 1330. The minimum Gasteiger partial charge on any atom is -0.493 e. The summed E-state index contributed by atoms with van der Waals surface area (Å²) < 4.78 is 24.3. The predicted molar refractivity (Wildman–Crippen MR) is 137 cm³/mol. The van der Waals surface area contributed by atoms with Crippen molar-refractivity contribution in [3.8, 4) is 11.5 Å². The van der Waals surface area contributed by atoms with Gasteiger partial charge in [-0.15, -0.1) is 0 Å². The van der Waals surface area contributed by atoms with Crippen LogP contribution in [0.15, 0.2) is 59.5 Å². The van der Waals surface area contributed by atoms with E-state index in [1.54, 1.807) is 48.5 Å². The number of hydrogen-bond acceptors (Lipinski definition) is 5. The number of amides is 2. The van der Waals surface area contributed by atoms with E-state index in [9.17, 15) is 14.0 Å². The molecule has 0 aromatic heterocycles. The number of halogens is 4. The highest BCUT2D eigenvalue weighted by Gasteiger charge is 2.35. The van der Waals surface area contributed by atoms with Gasteiger partial charge in [-0.2, -0.15) is 0 Å². The lowest BCUT2D eigenvalue weighted by molar-refractivity contribution is -0.123. The lowest BCUT2D eigenvalue weighted by Crippen LogP contribution is -2.27. The topological polar surface area (TPSA) is 55.8 Å². The van der Waals surface area contributed by atoms with Crippen molar-refractivity contribution in [1.29, 1.82) is 0 Å². The molecule has 0 N–H and O–H groups in total. The summed E-state index contributed by atoms with van der Waals surface area (Å²) in [5.74, 6) is -0.133. The van der Waals surface area contributed by atoms with E-state index in [4.69, 9.17) is 44.3 Å². The molecule has 0 atom stereocenters. The van der Waals surface area contributed by atoms with Crippen LogP contribution in [-0.4, -0.2) is 23.2 Å². The molecule has 1 saturated heterocycles. The van der Waals surface area contributed by atoms with Crippen LogP contribution in [0.2, 0.25) is 15.1 Å². The molecule has 0 radical (unpaired) electrons. The summed E-state index contributed by atoms with van der Waals surface area (Å²) in [5.41, 5.74) is 1.91. The van der Waals surface area contributed by atoms with E-state index in [0.29, 0.717) is 32.7 Å². The van der Waals surface area contributed by atoms with Crippen molar-refractivity contribution >= 4 is 63.8 Å². The molecule has 1 aliphatic heterocycles. The Morgan fingerprint density at radius 2 is 1.74 bits per heavy atom. The van der Waals surface area contributed by atoms with E-state index >= 15 is 0 Å². The molecule has 0 bridgehead atoms. The van der Waals surface area contributed by atoms with Crippen molar-refractivity contribution in [2.45, 2.75) is 13.2 Å². The van der Waals surface area contributed by atoms with Crippen LogP contribution in [0.1, 0.15) is 16.7 Å². The molecule has 1 aliphatic rings. The van der Waals surface area contributed by atoms with Gasteiger partial charge >= 0.3 is 0 Å². The largest absolute Gasteiger partial charge is 0.493 e. The zero-order chi connectivity index (χ0) is 25.1. The smallest absolute Gasteiger partial charge is 0.293 e. The van der Waals surface area contributed by atoms with Gasteiger partial charge < -0.3 is 9.47 Å². The van der Waals surface area contributed by atoms with Gasteiger partial charge in [0.2, 0.25) is 0 Å². The summed E-state index contributed by atoms with van der Waals surface area (Å²) in [6.07, 6.45) is 1.56. The van der Waals surface area contributed by atoms with Crippen LogP contribution in [0.5, 0.6) is 11.5 Å². The van der Waals surface area contributed by atoms with E-state index in [1.165, 1.54) is 19.2 Å². The highest BCUT2D eigenvalue weighted by molar-refractivity contribution is 8.18. The van der Waals surface area contributed by atoms with Crippen molar-refractivity contribution in [2.75, 3.05) is 7.11 Å². The van der Waals surface area contributed by atoms with Crippen LogP contribution in [0.25, 0.3) is 6.08 Å². The Labute approximate surface area is 220 Å². The summed E-state index contributed by atoms with van der Waals surface area (Å²) in [6, 6.07) is 14.0. The third-order valence-electron chi connectivity index (χ3n) is 5.06. The molecular formula is C25H17Cl3FNO4S. The van der Waals surface area contributed by atoms with Crippen LogP contribution < -0.4 is 9.47 Å². The maximum atomic E-state index is 13.1. The second-order valence-corrected chi connectivity index (χ2v) is 9.70. The summed E-state index contributed by atoms with van der Waals surface area (Å²) in [5, 5.41) is 0.673. The standard InChI is InChI=1S/C25H17Cl3FNO4S/c1-33-21-9-15(8-20(28)23(21)34-13-14-2-6-18(29)7-3-14)10-22-24(31)30(25(32)35-22)12-16-4-5-17(26)11-19(16)27/h2-11H,12-13H2,1H3/b22-10-. The van der Waals surface area contributed by atoms with E-state index in [0.717, 1.165) is 22.2 Å². The first-order chi connectivity index (χ1) is 16.7. The van der Waals surface area contributed by atoms with Gasteiger partial charge in [0.05, 0.1) is 23.6 Å². The number of nitrogens with zero attached hydrogens (tertiary/aromatic N) is 1. The maximum absolute atomic E-state index is 13.1. The van der Waals surface area contributed by atoms with E-state index in [-0.39, 0.29) is 28.9 Å². The molecule has 3 aromatic carbocycles. The highest BCUT2D eigenvalue weighted by Crippen LogP contribution is 2.40. The van der Waals surface area contributed by atoms with Crippen LogP contribution in [-0.2, 0) is 17.9 Å². The van der Waals surface area contributed by atoms with Crippen molar-refractivity contribution in [2.24, 2.45) is 0 Å². The second kappa shape index (κ2) is 10.9. The van der Waals surface area contributed by atoms with Gasteiger partial charge in [-0.05, 0) is 70.9 Å². The first kappa shape index (κ1) is 25.4. The highest BCUT2D eigenvalue weighted by atomic mass is 35.5. The molecule has 4 rings (SSSR count). The number of benzene rings is 3. The molecule has 1 heterocycles. The SMILES string of the molecule is COc1cc(/C=C2\SC(=O)N(Cc3ccc(Cl)cc3Cl)C2=O)cc(Cl)c1OCc1ccc(F)cc1. The molecule has 2 amide bonds. The number of methoxy groups -OCH3 is 1. The van der Waals surface area contributed by atoms with E-state index < -0.39 is 11.1 Å². The Morgan fingerprint density at radius 3 is 2.43 bits per heavy atom. The molecule has 1 fully saturated rings. The lowest BCUT2D eigenvalue weighted by atomic mass is 10.1. The Morgan fingerprint density at radius 1 is 1.00 bits per heavy atom. The molecule has 35 heavy (non-hydrogen) atoms. The van der Waals surface area contributed by atoms with Gasteiger partial charge in [-0.1, -0.05) is 53.0 Å². The first-order valence-electron chi connectivity index (χ1n) is 10.2. The number of carbonyl (C=O) groups is 2. The molecule has 0 saturated carbocycles. The molecule has 0 aliphatic carbocycles. The third-order valence-corrected chi connectivity index (χ3v) is 6.84. The van der Waals surface area contributed by atoms with Crippen LogP contribution in [0, 0.1) is 5.82 Å². The average molecular weight is 553 g/mol. The average Bonchev–Trinajstić information content (AvgIpc) is 3.08. The molecule has 10 heteroatoms. The van der Waals surface area contributed by atoms with Gasteiger partial charge in [-0.3, -0.25) is 14.5 Å². The van der Waals surface area contributed by atoms with Crippen molar-refractivity contribution < 1.29 is 23.5 Å². The number of ether oxygens (including phenoxy) is 2. The summed E-state index contributed by atoms with van der Waals surface area (Å²) in [4.78, 5) is 26.8. The molecule has 0 spiro atoms. The van der Waals surface area contributed by atoms with Gasteiger partial charge in [-0.25, -0.2) is 4.39 Å². The van der Waals surface area contributed by atoms with Crippen LogP contribution >= 0.6 is 46.6 Å². The lowest BCUT2D eigenvalue weighted by Gasteiger charge is -2.14. The fraction of sp³-hybridized carbons (Fsp3) is 0.120. The Balaban J connectivity index is 1.53. The Kier molecular flexibility index (Phi) is 7.91. The number of thioether (sulfide) groups is 1. The third kappa shape index (κ3) is 5.93.